The Labute approximate surface area is 163 Å². The van der Waals surface area contributed by atoms with Gasteiger partial charge in [0.15, 0.2) is 11.2 Å². The molecule has 0 aliphatic heterocycles. The van der Waals surface area contributed by atoms with Crippen molar-refractivity contribution in [3.05, 3.63) is 64.7 Å². The number of rotatable bonds is 6. The van der Waals surface area contributed by atoms with E-state index < -0.39 is 18.1 Å². The molecule has 138 valence electrons. The number of carbonyl (C=O) groups excluding carboxylic acids is 1. The van der Waals surface area contributed by atoms with Gasteiger partial charge in [0, 0.05) is 10.7 Å². The highest BCUT2D eigenvalue weighted by Gasteiger charge is 2.30. The molecule has 2 aromatic carbocycles. The van der Waals surface area contributed by atoms with Crippen LogP contribution in [0.2, 0.25) is 5.02 Å². The van der Waals surface area contributed by atoms with E-state index in [9.17, 15) is 9.90 Å². The summed E-state index contributed by atoms with van der Waals surface area (Å²) in [6.07, 6.45) is -1.11. The molecule has 5 nitrogen and oxygen atoms in total. The number of hydrogen-bond donors (Lipinski definition) is 3. The lowest BCUT2D eigenvalue weighted by molar-refractivity contribution is -0.148. The van der Waals surface area contributed by atoms with Gasteiger partial charge in [-0.3, -0.25) is 0 Å². The Kier molecular flexibility index (Phi) is 7.38. The first-order chi connectivity index (χ1) is 12.4. The van der Waals surface area contributed by atoms with Gasteiger partial charge in [-0.1, -0.05) is 41.9 Å². The zero-order valence-corrected chi connectivity index (χ0v) is 16.1. The van der Waals surface area contributed by atoms with Gasteiger partial charge in [0.1, 0.15) is 6.10 Å². The molecule has 2 atom stereocenters. The van der Waals surface area contributed by atoms with E-state index in [0.717, 1.165) is 11.3 Å². The minimum Gasteiger partial charge on any atom is -0.464 e. The maximum absolute atomic E-state index is 12.3. The van der Waals surface area contributed by atoms with Gasteiger partial charge in [-0.2, -0.15) is 0 Å². The zero-order chi connectivity index (χ0) is 19.1. The lowest BCUT2D eigenvalue weighted by Gasteiger charge is -2.24. The number of thiocarbonyl (C=S) groups is 1. The third-order valence-corrected chi connectivity index (χ3v) is 4.18. The molecule has 0 aliphatic rings. The Hall–Kier alpha value is -2.15. The van der Waals surface area contributed by atoms with Crippen LogP contribution in [0.25, 0.3) is 0 Å². The van der Waals surface area contributed by atoms with E-state index in [1.54, 1.807) is 49.4 Å². The van der Waals surface area contributed by atoms with Crippen LogP contribution < -0.4 is 10.6 Å². The normalized spacial score (nSPS) is 12.8. The predicted octanol–water partition coefficient (Wildman–Crippen LogP) is 3.60. The van der Waals surface area contributed by atoms with Gasteiger partial charge in [0.25, 0.3) is 0 Å². The van der Waals surface area contributed by atoms with Gasteiger partial charge in [0.05, 0.1) is 6.61 Å². The van der Waals surface area contributed by atoms with Crippen LogP contribution in [0.5, 0.6) is 0 Å². The van der Waals surface area contributed by atoms with E-state index in [-0.39, 0.29) is 11.7 Å². The first-order valence-electron chi connectivity index (χ1n) is 8.15. The van der Waals surface area contributed by atoms with E-state index in [1.165, 1.54) is 0 Å². The molecule has 0 aromatic heterocycles. The van der Waals surface area contributed by atoms with Gasteiger partial charge in [-0.05, 0) is 55.4 Å². The van der Waals surface area contributed by atoms with Crippen molar-refractivity contribution in [2.45, 2.75) is 26.0 Å². The third kappa shape index (κ3) is 5.42. The van der Waals surface area contributed by atoms with Crippen LogP contribution in [0.15, 0.2) is 48.5 Å². The molecule has 0 spiro atoms. The first-order valence-corrected chi connectivity index (χ1v) is 8.94. The minimum absolute atomic E-state index is 0.198. The van der Waals surface area contributed by atoms with Gasteiger partial charge >= 0.3 is 5.97 Å². The molecule has 0 aliphatic carbocycles. The SMILES string of the molecule is CCOC(=O)C(NC(=S)Nc1ccc(Cl)cc1C)C(O)c1ccccc1. The molecule has 2 aromatic rings. The number of aryl methyl sites for hydroxylation is 1. The highest BCUT2D eigenvalue weighted by atomic mass is 35.5. The number of halogens is 1. The summed E-state index contributed by atoms with van der Waals surface area (Å²) in [4.78, 5) is 12.3. The van der Waals surface area contributed by atoms with Crippen molar-refractivity contribution in [2.75, 3.05) is 11.9 Å². The molecule has 0 amide bonds. The van der Waals surface area contributed by atoms with E-state index in [0.29, 0.717) is 10.6 Å². The smallest absolute Gasteiger partial charge is 0.331 e. The van der Waals surface area contributed by atoms with Crippen LogP contribution >= 0.6 is 23.8 Å². The maximum Gasteiger partial charge on any atom is 0.331 e. The second kappa shape index (κ2) is 9.52. The topological polar surface area (TPSA) is 70.6 Å². The number of hydrogen-bond acceptors (Lipinski definition) is 4. The average Bonchev–Trinajstić information content (AvgIpc) is 2.62. The van der Waals surface area contributed by atoms with E-state index in [4.69, 9.17) is 28.6 Å². The van der Waals surface area contributed by atoms with Crippen molar-refractivity contribution in [1.82, 2.24) is 5.32 Å². The molecular formula is C19H21ClN2O3S. The molecule has 2 unspecified atom stereocenters. The molecule has 7 heteroatoms. The summed E-state index contributed by atoms with van der Waals surface area (Å²) in [5.74, 6) is -0.583. The highest BCUT2D eigenvalue weighted by molar-refractivity contribution is 7.80. The zero-order valence-electron chi connectivity index (χ0n) is 14.5. The second-order valence-electron chi connectivity index (χ2n) is 5.64. The molecule has 0 radical (unpaired) electrons. The molecule has 0 bridgehead atoms. The van der Waals surface area contributed by atoms with Crippen molar-refractivity contribution in [3.63, 3.8) is 0 Å². The van der Waals surface area contributed by atoms with Crippen LogP contribution in [-0.4, -0.2) is 28.8 Å². The number of esters is 1. The fourth-order valence-corrected chi connectivity index (χ4v) is 2.87. The number of aliphatic hydroxyl groups is 1. The van der Waals surface area contributed by atoms with Crippen molar-refractivity contribution in [2.24, 2.45) is 0 Å². The summed E-state index contributed by atoms with van der Waals surface area (Å²) < 4.78 is 5.07. The molecule has 0 saturated carbocycles. The van der Waals surface area contributed by atoms with Crippen LogP contribution in [0.3, 0.4) is 0 Å². The number of nitrogens with one attached hydrogen (secondary N) is 2. The molecule has 26 heavy (non-hydrogen) atoms. The van der Waals surface area contributed by atoms with Crippen molar-refractivity contribution < 1.29 is 14.6 Å². The summed E-state index contributed by atoms with van der Waals surface area (Å²) in [6.45, 7) is 3.80. The number of anilines is 1. The second-order valence-corrected chi connectivity index (χ2v) is 6.49. The van der Waals surface area contributed by atoms with Crippen molar-refractivity contribution >= 4 is 40.6 Å². The molecule has 3 N–H and O–H groups in total. The number of benzene rings is 2. The minimum atomic E-state index is -1.11. The average molecular weight is 393 g/mol. The Morgan fingerprint density at radius 1 is 1.27 bits per heavy atom. The Morgan fingerprint density at radius 2 is 1.96 bits per heavy atom. The Balaban J connectivity index is 2.15. The van der Waals surface area contributed by atoms with Crippen LogP contribution in [-0.2, 0) is 9.53 Å². The maximum atomic E-state index is 12.3. The van der Waals surface area contributed by atoms with Gasteiger partial charge < -0.3 is 20.5 Å². The fraction of sp³-hybridized carbons (Fsp3) is 0.263. The van der Waals surface area contributed by atoms with E-state index >= 15 is 0 Å². The standard InChI is InChI=1S/C19H21ClN2O3S/c1-3-25-18(24)16(17(23)13-7-5-4-6-8-13)22-19(26)21-15-10-9-14(20)11-12(15)2/h4-11,16-17,23H,3H2,1-2H3,(H2,21,22,26). The fourth-order valence-electron chi connectivity index (χ4n) is 2.41. The number of aliphatic hydroxyl groups excluding tert-OH is 1. The summed E-state index contributed by atoms with van der Waals surface area (Å²) in [6, 6.07) is 13.2. The lowest BCUT2D eigenvalue weighted by Crippen LogP contribution is -2.47. The third-order valence-electron chi connectivity index (χ3n) is 3.72. The highest BCUT2D eigenvalue weighted by Crippen LogP contribution is 2.21. The molecule has 0 heterocycles. The molecule has 0 saturated heterocycles. The van der Waals surface area contributed by atoms with Crippen LogP contribution in [0.4, 0.5) is 5.69 Å². The monoisotopic (exact) mass is 392 g/mol. The summed E-state index contributed by atoms with van der Waals surface area (Å²) in [5.41, 5.74) is 2.24. The van der Waals surface area contributed by atoms with Crippen LogP contribution in [0.1, 0.15) is 24.2 Å². The quantitative estimate of drug-likeness (QED) is 0.515. The van der Waals surface area contributed by atoms with Crippen molar-refractivity contribution in [1.29, 1.82) is 0 Å². The Bertz CT molecular complexity index is 771. The largest absolute Gasteiger partial charge is 0.464 e. The Morgan fingerprint density at radius 3 is 2.58 bits per heavy atom. The van der Waals surface area contributed by atoms with Gasteiger partial charge in [-0.15, -0.1) is 0 Å². The molecular weight excluding hydrogens is 372 g/mol. The van der Waals surface area contributed by atoms with Gasteiger partial charge in [0.2, 0.25) is 0 Å². The van der Waals surface area contributed by atoms with Crippen molar-refractivity contribution in [3.8, 4) is 0 Å². The van der Waals surface area contributed by atoms with Gasteiger partial charge in [-0.25, -0.2) is 4.79 Å². The summed E-state index contributed by atoms with van der Waals surface area (Å²) in [5, 5.41) is 17.3. The molecule has 0 fully saturated rings. The lowest BCUT2D eigenvalue weighted by atomic mass is 10.0. The predicted molar refractivity (Wildman–Crippen MR) is 107 cm³/mol. The number of ether oxygens (including phenoxy) is 1. The first kappa shape index (κ1) is 20.2. The summed E-state index contributed by atoms with van der Waals surface area (Å²) >= 11 is 11.3. The van der Waals surface area contributed by atoms with Crippen LogP contribution in [0, 0.1) is 6.92 Å². The summed E-state index contributed by atoms with van der Waals surface area (Å²) in [7, 11) is 0. The van der Waals surface area contributed by atoms with E-state index in [1.807, 2.05) is 13.0 Å². The van der Waals surface area contributed by atoms with E-state index in [2.05, 4.69) is 10.6 Å². The number of carbonyl (C=O) groups is 1. The molecule has 2 rings (SSSR count).